The smallest absolute Gasteiger partial charge is 0.228 e. The third-order valence-electron chi connectivity index (χ3n) is 4.26. The van der Waals surface area contributed by atoms with Gasteiger partial charge in [0.1, 0.15) is 18.3 Å². The highest BCUT2D eigenvalue weighted by atomic mass is 16.5. The molecule has 0 bridgehead atoms. The van der Waals surface area contributed by atoms with E-state index in [-0.39, 0.29) is 18.8 Å². The summed E-state index contributed by atoms with van der Waals surface area (Å²) in [6, 6.07) is 17.8. The molecule has 2 aromatic carbocycles. The maximum atomic E-state index is 12.6. The molecule has 4 N–H and O–H groups in total. The molecule has 1 unspecified atom stereocenters. The molecule has 6 nitrogen and oxygen atoms in total. The molecule has 0 saturated heterocycles. The molecule has 0 radical (unpaired) electrons. The van der Waals surface area contributed by atoms with Gasteiger partial charge in [0, 0.05) is 6.42 Å². The van der Waals surface area contributed by atoms with Crippen molar-refractivity contribution in [3.8, 4) is 0 Å². The van der Waals surface area contributed by atoms with Crippen molar-refractivity contribution in [1.29, 1.82) is 0 Å². The van der Waals surface area contributed by atoms with Crippen molar-refractivity contribution in [3.05, 3.63) is 77.5 Å². The van der Waals surface area contributed by atoms with Crippen molar-refractivity contribution < 1.29 is 30.0 Å². The van der Waals surface area contributed by atoms with Crippen LogP contribution in [0.3, 0.4) is 0 Å². The third kappa shape index (κ3) is 6.00. The lowest BCUT2D eigenvalue weighted by atomic mass is 9.95. The molecule has 0 aliphatic rings. The number of aliphatic hydroxyl groups excluding tert-OH is 4. The lowest BCUT2D eigenvalue weighted by Crippen LogP contribution is -2.48. The van der Waals surface area contributed by atoms with Crippen LogP contribution in [0.4, 0.5) is 0 Å². The van der Waals surface area contributed by atoms with E-state index in [0.29, 0.717) is 5.56 Å². The lowest BCUT2D eigenvalue weighted by molar-refractivity contribution is -0.144. The molecule has 2 aromatic rings. The fourth-order valence-electron chi connectivity index (χ4n) is 2.73. The molecule has 150 valence electrons. The Kier molecular flexibility index (Phi) is 8.35. The van der Waals surface area contributed by atoms with E-state index >= 15 is 0 Å². The van der Waals surface area contributed by atoms with Crippen molar-refractivity contribution >= 4 is 11.9 Å². The zero-order valence-corrected chi connectivity index (χ0v) is 15.7. The van der Waals surface area contributed by atoms with Crippen LogP contribution in [0.1, 0.15) is 18.1 Å². The van der Waals surface area contributed by atoms with Crippen LogP contribution in [-0.4, -0.2) is 57.2 Å². The molecule has 0 spiro atoms. The van der Waals surface area contributed by atoms with E-state index in [1.807, 2.05) is 12.1 Å². The first-order valence-corrected chi connectivity index (χ1v) is 9.14. The molecule has 0 amide bonds. The van der Waals surface area contributed by atoms with Gasteiger partial charge in [-0.3, -0.25) is 4.79 Å². The number of ether oxygens (including phenoxy) is 1. The normalized spacial score (nSPS) is 16.1. The summed E-state index contributed by atoms with van der Waals surface area (Å²) in [6.07, 6.45) is -5.35. The Morgan fingerprint density at radius 2 is 1.50 bits per heavy atom. The van der Waals surface area contributed by atoms with Gasteiger partial charge in [-0.15, -0.1) is 0 Å². The molecule has 4 atom stereocenters. The zero-order valence-electron chi connectivity index (χ0n) is 15.7. The van der Waals surface area contributed by atoms with Crippen molar-refractivity contribution in [3.63, 3.8) is 0 Å². The van der Waals surface area contributed by atoms with Gasteiger partial charge in [-0.1, -0.05) is 60.7 Å². The number of hydrogen-bond acceptors (Lipinski definition) is 6. The topological polar surface area (TPSA) is 107 Å². The van der Waals surface area contributed by atoms with Gasteiger partial charge in [-0.25, -0.2) is 0 Å². The zero-order chi connectivity index (χ0) is 20.5. The fraction of sp³-hybridized carbons (Fsp3) is 0.318. The molecule has 6 heteroatoms. The monoisotopic (exact) mass is 386 g/mol. The summed E-state index contributed by atoms with van der Waals surface area (Å²) in [4.78, 5) is 12.6. The Labute approximate surface area is 164 Å². The molecular formula is C22H26O6. The number of ketones is 1. The summed E-state index contributed by atoms with van der Waals surface area (Å²) >= 11 is 0. The quantitative estimate of drug-likeness (QED) is 0.362. The summed E-state index contributed by atoms with van der Waals surface area (Å²) in [5, 5.41) is 40.8. The summed E-state index contributed by atoms with van der Waals surface area (Å²) < 4.78 is 5.31. The summed E-state index contributed by atoms with van der Waals surface area (Å²) in [5.41, 5.74) is 1.44. The minimum absolute atomic E-state index is 0.0676. The van der Waals surface area contributed by atoms with E-state index in [0.717, 1.165) is 5.56 Å². The summed E-state index contributed by atoms with van der Waals surface area (Å²) in [7, 11) is 0. The van der Waals surface area contributed by atoms with Crippen LogP contribution in [0.2, 0.25) is 0 Å². The maximum absolute atomic E-state index is 12.6. The van der Waals surface area contributed by atoms with Crippen LogP contribution in [0, 0.1) is 0 Å². The third-order valence-corrected chi connectivity index (χ3v) is 4.26. The minimum atomic E-state index is -1.94. The number of hydrogen-bond donors (Lipinski definition) is 4. The highest BCUT2D eigenvalue weighted by molar-refractivity contribution is 6.01. The standard InChI is InChI=1S/C22H26O6/c1-2-28-18(14-16-11-7-4-8-12-16)20(25)22(27)21(26)19(24)17(23)13-15-9-5-3-6-10-15/h3-12,14,17,19,21-24,26-27H,2,13H2,1H3/t17?,19-,21-,22-/m1/s1. The van der Waals surface area contributed by atoms with E-state index in [2.05, 4.69) is 0 Å². The molecule has 0 saturated carbocycles. The summed E-state index contributed by atoms with van der Waals surface area (Å²) in [6.45, 7) is 1.87. The van der Waals surface area contributed by atoms with Crippen LogP contribution in [0.25, 0.3) is 6.08 Å². The van der Waals surface area contributed by atoms with Crippen LogP contribution < -0.4 is 0 Å². The van der Waals surface area contributed by atoms with Gasteiger partial charge in [0.25, 0.3) is 0 Å². The van der Waals surface area contributed by atoms with Crippen LogP contribution in [-0.2, 0) is 16.0 Å². The van der Waals surface area contributed by atoms with Crippen LogP contribution in [0.15, 0.2) is 66.4 Å². The fourth-order valence-corrected chi connectivity index (χ4v) is 2.73. The first-order valence-electron chi connectivity index (χ1n) is 9.14. The van der Waals surface area contributed by atoms with E-state index in [4.69, 9.17) is 4.74 Å². The highest BCUT2D eigenvalue weighted by Crippen LogP contribution is 2.16. The number of benzene rings is 2. The van der Waals surface area contributed by atoms with E-state index in [1.54, 1.807) is 55.5 Å². The van der Waals surface area contributed by atoms with Gasteiger partial charge in [0.2, 0.25) is 5.78 Å². The van der Waals surface area contributed by atoms with Gasteiger partial charge in [-0.2, -0.15) is 0 Å². The van der Waals surface area contributed by atoms with Crippen LogP contribution >= 0.6 is 0 Å². The Morgan fingerprint density at radius 3 is 2.07 bits per heavy atom. The number of aliphatic hydroxyl groups is 4. The number of carbonyl (C=O) groups excluding carboxylic acids is 1. The minimum Gasteiger partial charge on any atom is -0.490 e. The Morgan fingerprint density at radius 1 is 0.929 bits per heavy atom. The van der Waals surface area contributed by atoms with Gasteiger partial charge >= 0.3 is 0 Å². The second-order valence-corrected chi connectivity index (χ2v) is 6.40. The molecular weight excluding hydrogens is 360 g/mol. The second-order valence-electron chi connectivity index (χ2n) is 6.40. The molecule has 0 fully saturated rings. The van der Waals surface area contributed by atoms with E-state index in [1.165, 1.54) is 6.08 Å². The average Bonchev–Trinajstić information content (AvgIpc) is 2.72. The van der Waals surface area contributed by atoms with Crippen molar-refractivity contribution in [1.82, 2.24) is 0 Å². The second kappa shape index (κ2) is 10.7. The Hall–Kier alpha value is -2.51. The number of Topliss-reactive ketones (excluding diaryl/α,β-unsaturated/α-hetero) is 1. The lowest BCUT2D eigenvalue weighted by Gasteiger charge is -2.26. The molecule has 2 rings (SSSR count). The molecule has 0 aromatic heterocycles. The number of carbonyl (C=O) groups is 1. The molecule has 0 aliphatic heterocycles. The predicted octanol–water partition coefficient (Wildman–Crippen LogP) is 1.32. The van der Waals surface area contributed by atoms with Gasteiger partial charge in [0.05, 0.1) is 12.7 Å². The maximum Gasteiger partial charge on any atom is 0.228 e. The van der Waals surface area contributed by atoms with Crippen molar-refractivity contribution in [2.75, 3.05) is 6.61 Å². The first kappa shape index (κ1) is 21.8. The highest BCUT2D eigenvalue weighted by Gasteiger charge is 2.36. The largest absolute Gasteiger partial charge is 0.490 e. The van der Waals surface area contributed by atoms with Gasteiger partial charge in [-0.05, 0) is 24.1 Å². The van der Waals surface area contributed by atoms with Crippen LogP contribution in [0.5, 0.6) is 0 Å². The molecule has 0 heterocycles. The molecule has 0 aliphatic carbocycles. The average molecular weight is 386 g/mol. The molecule has 28 heavy (non-hydrogen) atoms. The van der Waals surface area contributed by atoms with Crippen molar-refractivity contribution in [2.24, 2.45) is 0 Å². The summed E-state index contributed by atoms with van der Waals surface area (Å²) in [5.74, 6) is -1.01. The van der Waals surface area contributed by atoms with E-state index in [9.17, 15) is 25.2 Å². The number of rotatable bonds is 10. The predicted molar refractivity (Wildman–Crippen MR) is 105 cm³/mol. The first-order chi connectivity index (χ1) is 13.4. The SMILES string of the molecule is CCOC(=Cc1ccccc1)C(=O)[C@@H](O)[C@H](O)[C@H](O)C(O)Cc1ccccc1. The van der Waals surface area contributed by atoms with Gasteiger partial charge in [0.15, 0.2) is 5.76 Å². The Balaban J connectivity index is 2.09. The van der Waals surface area contributed by atoms with Gasteiger partial charge < -0.3 is 25.2 Å². The van der Waals surface area contributed by atoms with E-state index < -0.39 is 30.2 Å². The van der Waals surface area contributed by atoms with Crippen molar-refractivity contribution in [2.45, 2.75) is 37.8 Å². The Bertz CT molecular complexity index is 759.